The number of nitrogens with zero attached hydrogens (tertiary/aromatic N) is 3. The zero-order valence-corrected chi connectivity index (χ0v) is 14.5. The Morgan fingerprint density at radius 2 is 2.05 bits per heavy atom. The Morgan fingerprint density at radius 3 is 2.55 bits per heavy atom. The van der Waals surface area contributed by atoms with Crippen LogP contribution in [0.25, 0.3) is 0 Å². The molecule has 1 fully saturated rings. The molecular weight excluding hydrogens is 302 g/mol. The Labute approximate surface area is 135 Å². The van der Waals surface area contributed by atoms with Gasteiger partial charge in [-0.25, -0.2) is 4.79 Å². The van der Waals surface area contributed by atoms with Crippen molar-refractivity contribution in [2.75, 3.05) is 30.3 Å². The van der Waals surface area contributed by atoms with Gasteiger partial charge in [0, 0.05) is 19.6 Å². The van der Waals surface area contributed by atoms with Crippen LogP contribution in [0.2, 0.25) is 0 Å². The molecule has 2 rings (SSSR count). The minimum atomic E-state index is -0.466. The summed E-state index contributed by atoms with van der Waals surface area (Å²) in [6.07, 6.45) is 1.60. The Balaban J connectivity index is 1.80. The number of aromatic nitrogens is 2. The number of carbonyl (C=O) groups excluding carboxylic acids is 1. The van der Waals surface area contributed by atoms with Crippen LogP contribution < -0.4 is 16.0 Å². The van der Waals surface area contributed by atoms with Gasteiger partial charge >= 0.3 is 6.09 Å². The topological polar surface area (TPSA) is 93.4 Å². The summed E-state index contributed by atoms with van der Waals surface area (Å²) in [4.78, 5) is 14.0. The number of nitrogens with two attached hydrogens (primary N) is 1. The maximum atomic E-state index is 11.8. The Kier molecular flexibility index (Phi) is 4.79. The van der Waals surface area contributed by atoms with Gasteiger partial charge in [0.2, 0.25) is 10.3 Å². The molecule has 0 bridgehead atoms. The van der Waals surface area contributed by atoms with Crippen molar-refractivity contribution in [3.8, 4) is 0 Å². The van der Waals surface area contributed by atoms with Crippen molar-refractivity contribution in [1.82, 2.24) is 15.5 Å². The number of nitrogen functional groups attached to an aromatic ring is 1. The predicted molar refractivity (Wildman–Crippen MR) is 88.1 cm³/mol. The molecule has 1 aliphatic rings. The summed E-state index contributed by atoms with van der Waals surface area (Å²) in [7, 11) is 0. The van der Waals surface area contributed by atoms with Gasteiger partial charge in [0.1, 0.15) is 5.60 Å². The molecule has 1 amide bonds. The van der Waals surface area contributed by atoms with E-state index in [0.717, 1.165) is 31.1 Å². The largest absolute Gasteiger partial charge is 0.444 e. The molecular formula is C14H25N5O2S. The molecule has 1 aliphatic heterocycles. The molecule has 1 saturated heterocycles. The first-order valence-electron chi connectivity index (χ1n) is 7.48. The lowest BCUT2D eigenvalue weighted by Gasteiger charge is -2.39. The monoisotopic (exact) mass is 327 g/mol. The van der Waals surface area contributed by atoms with Crippen LogP contribution in [0.5, 0.6) is 0 Å². The lowest BCUT2D eigenvalue weighted by atomic mass is 9.80. The number of alkyl carbamates (subject to hydrolysis) is 1. The van der Waals surface area contributed by atoms with Crippen LogP contribution in [0.4, 0.5) is 15.1 Å². The van der Waals surface area contributed by atoms with Crippen molar-refractivity contribution in [2.45, 2.75) is 46.1 Å². The average Bonchev–Trinajstić information content (AvgIpc) is 2.82. The number of rotatable bonds is 3. The molecule has 7 nitrogen and oxygen atoms in total. The normalized spacial score (nSPS) is 18.1. The van der Waals surface area contributed by atoms with Gasteiger partial charge in [0.25, 0.3) is 0 Å². The molecule has 2 heterocycles. The zero-order valence-electron chi connectivity index (χ0n) is 13.7. The first kappa shape index (κ1) is 16.8. The van der Waals surface area contributed by atoms with Crippen molar-refractivity contribution < 1.29 is 9.53 Å². The molecule has 1 aromatic rings. The number of hydrogen-bond acceptors (Lipinski definition) is 7. The number of carbonyl (C=O) groups is 1. The van der Waals surface area contributed by atoms with Crippen molar-refractivity contribution in [3.63, 3.8) is 0 Å². The summed E-state index contributed by atoms with van der Waals surface area (Å²) < 4.78 is 5.28. The van der Waals surface area contributed by atoms with Crippen LogP contribution in [0.3, 0.4) is 0 Å². The smallest absolute Gasteiger partial charge is 0.407 e. The van der Waals surface area contributed by atoms with Crippen molar-refractivity contribution >= 4 is 27.7 Å². The number of hydrogen-bond donors (Lipinski definition) is 2. The molecule has 8 heteroatoms. The standard InChI is InChI=1S/C14H25N5O2S/c1-13(2,3)21-12(20)16-9-14(4)5-7-19(8-6-14)11-18-17-10(15)22-11/h5-9H2,1-4H3,(H2,15,17)(H,16,20). The van der Waals surface area contributed by atoms with Crippen LogP contribution >= 0.6 is 11.3 Å². The van der Waals surface area contributed by atoms with Crippen molar-refractivity contribution in [1.29, 1.82) is 0 Å². The summed E-state index contributed by atoms with van der Waals surface area (Å²) >= 11 is 1.41. The minimum Gasteiger partial charge on any atom is -0.444 e. The van der Waals surface area contributed by atoms with Gasteiger partial charge in [-0.3, -0.25) is 0 Å². The Bertz CT molecular complexity index is 518. The van der Waals surface area contributed by atoms with Gasteiger partial charge in [-0.15, -0.1) is 10.2 Å². The SMILES string of the molecule is CC1(CNC(=O)OC(C)(C)C)CCN(c2nnc(N)s2)CC1. The van der Waals surface area contributed by atoms with Crippen molar-refractivity contribution in [2.24, 2.45) is 5.41 Å². The van der Waals surface area contributed by atoms with E-state index in [0.29, 0.717) is 11.7 Å². The number of anilines is 2. The van der Waals surface area contributed by atoms with Crippen LogP contribution in [0.15, 0.2) is 0 Å². The molecule has 124 valence electrons. The van der Waals surface area contributed by atoms with E-state index in [1.165, 1.54) is 11.3 Å². The van der Waals surface area contributed by atoms with Gasteiger partial charge < -0.3 is 20.7 Å². The highest BCUT2D eigenvalue weighted by atomic mass is 32.1. The number of ether oxygens (including phenoxy) is 1. The maximum absolute atomic E-state index is 11.8. The predicted octanol–water partition coefficient (Wildman–Crippen LogP) is 2.25. The summed E-state index contributed by atoms with van der Waals surface area (Å²) in [5, 5.41) is 12.2. The molecule has 0 aromatic carbocycles. The number of nitrogens with one attached hydrogen (secondary N) is 1. The van der Waals surface area contributed by atoms with Crippen molar-refractivity contribution in [3.05, 3.63) is 0 Å². The molecule has 3 N–H and O–H groups in total. The fourth-order valence-corrected chi connectivity index (χ4v) is 3.03. The zero-order chi connectivity index (χ0) is 16.4. The van der Waals surface area contributed by atoms with Crippen LogP contribution in [-0.2, 0) is 4.74 Å². The van der Waals surface area contributed by atoms with Gasteiger partial charge in [0.15, 0.2) is 0 Å². The summed E-state index contributed by atoms with van der Waals surface area (Å²) in [5.41, 5.74) is 5.23. The Hall–Kier alpha value is -1.57. The molecule has 1 aromatic heterocycles. The van der Waals surface area contributed by atoms with E-state index in [-0.39, 0.29) is 11.5 Å². The van der Waals surface area contributed by atoms with Crippen LogP contribution in [0, 0.1) is 5.41 Å². The molecule has 0 atom stereocenters. The van der Waals surface area contributed by atoms with Gasteiger partial charge in [-0.1, -0.05) is 18.3 Å². The molecule has 0 unspecified atom stereocenters. The summed E-state index contributed by atoms with van der Waals surface area (Å²) in [6.45, 7) is 10.2. The maximum Gasteiger partial charge on any atom is 0.407 e. The highest BCUT2D eigenvalue weighted by Gasteiger charge is 2.32. The van der Waals surface area contributed by atoms with E-state index < -0.39 is 5.60 Å². The first-order chi connectivity index (χ1) is 10.2. The highest BCUT2D eigenvalue weighted by molar-refractivity contribution is 7.18. The van der Waals surface area contributed by atoms with Crippen LogP contribution in [0.1, 0.15) is 40.5 Å². The lowest BCUT2D eigenvalue weighted by Crippen LogP contribution is -2.45. The van der Waals surface area contributed by atoms with E-state index in [1.807, 2.05) is 20.8 Å². The van der Waals surface area contributed by atoms with E-state index in [2.05, 4.69) is 27.3 Å². The van der Waals surface area contributed by atoms with E-state index in [1.54, 1.807) is 0 Å². The Morgan fingerprint density at radius 1 is 1.41 bits per heavy atom. The number of piperidine rings is 1. The second kappa shape index (κ2) is 6.28. The fraction of sp³-hybridized carbons (Fsp3) is 0.786. The lowest BCUT2D eigenvalue weighted by molar-refractivity contribution is 0.0495. The molecule has 22 heavy (non-hydrogen) atoms. The second-order valence-electron chi connectivity index (χ2n) is 7.08. The third-order valence-corrected chi connectivity index (χ3v) is 4.54. The van der Waals surface area contributed by atoms with E-state index >= 15 is 0 Å². The first-order valence-corrected chi connectivity index (χ1v) is 8.29. The third-order valence-electron chi connectivity index (χ3n) is 3.73. The summed E-state index contributed by atoms with van der Waals surface area (Å²) in [6, 6.07) is 0. The second-order valence-corrected chi connectivity index (χ2v) is 8.06. The molecule has 0 saturated carbocycles. The van der Waals surface area contributed by atoms with Crippen LogP contribution in [-0.4, -0.2) is 41.5 Å². The third kappa shape index (κ3) is 4.72. The fourth-order valence-electron chi connectivity index (χ4n) is 2.37. The van der Waals surface area contributed by atoms with Gasteiger partial charge in [0.05, 0.1) is 0 Å². The molecule has 0 spiro atoms. The van der Waals surface area contributed by atoms with Gasteiger partial charge in [-0.2, -0.15) is 0 Å². The quantitative estimate of drug-likeness (QED) is 0.884. The molecule has 0 radical (unpaired) electrons. The van der Waals surface area contributed by atoms with E-state index in [9.17, 15) is 4.79 Å². The highest BCUT2D eigenvalue weighted by Crippen LogP contribution is 2.33. The minimum absolute atomic E-state index is 0.0731. The van der Waals surface area contributed by atoms with Gasteiger partial charge in [-0.05, 0) is 39.0 Å². The average molecular weight is 327 g/mol. The molecule has 0 aliphatic carbocycles. The number of amides is 1. The summed E-state index contributed by atoms with van der Waals surface area (Å²) in [5.74, 6) is 0. The van der Waals surface area contributed by atoms with E-state index in [4.69, 9.17) is 10.5 Å².